The van der Waals surface area contributed by atoms with E-state index in [1.807, 2.05) is 26.0 Å². The lowest BCUT2D eigenvalue weighted by Crippen LogP contribution is -2.14. The third kappa shape index (κ3) is 3.41. The van der Waals surface area contributed by atoms with E-state index < -0.39 is 0 Å². The second kappa shape index (κ2) is 5.97. The zero-order valence-corrected chi connectivity index (χ0v) is 11.7. The van der Waals surface area contributed by atoms with E-state index in [0.29, 0.717) is 6.54 Å². The van der Waals surface area contributed by atoms with E-state index in [2.05, 4.69) is 17.3 Å². The van der Waals surface area contributed by atoms with Crippen LogP contribution >= 0.6 is 0 Å². The maximum absolute atomic E-state index is 13.7. The number of hydrogen-bond donors (Lipinski definition) is 1. The van der Waals surface area contributed by atoms with Crippen molar-refractivity contribution in [1.29, 1.82) is 0 Å². The Morgan fingerprint density at radius 2 is 2.00 bits per heavy atom. The van der Waals surface area contributed by atoms with Gasteiger partial charge in [-0.05, 0) is 56.6 Å². The molecule has 0 aliphatic rings. The summed E-state index contributed by atoms with van der Waals surface area (Å²) >= 11 is 0. The molecule has 3 nitrogen and oxygen atoms in total. The van der Waals surface area contributed by atoms with Crippen molar-refractivity contribution < 1.29 is 4.39 Å². The van der Waals surface area contributed by atoms with Crippen LogP contribution in [0.1, 0.15) is 30.3 Å². The van der Waals surface area contributed by atoms with Crippen LogP contribution in [0.5, 0.6) is 0 Å². The van der Waals surface area contributed by atoms with Gasteiger partial charge in [0.25, 0.3) is 0 Å². The molecule has 0 amide bonds. The predicted molar refractivity (Wildman–Crippen MR) is 75.0 cm³/mol. The fraction of sp³-hybridized carbons (Fsp3) is 0.400. The summed E-state index contributed by atoms with van der Waals surface area (Å²) in [7, 11) is 0. The van der Waals surface area contributed by atoms with Gasteiger partial charge in [0.15, 0.2) is 0 Å². The number of rotatable bonds is 5. The molecule has 1 N–H and O–H groups in total. The number of benzene rings is 1. The normalized spacial score (nSPS) is 10.9. The van der Waals surface area contributed by atoms with Crippen LogP contribution in [0.3, 0.4) is 0 Å². The third-order valence-electron chi connectivity index (χ3n) is 2.95. The molecule has 1 aromatic carbocycles. The Kier molecular flexibility index (Phi) is 4.32. The molecule has 0 aliphatic heterocycles. The third-order valence-corrected chi connectivity index (χ3v) is 2.95. The zero-order chi connectivity index (χ0) is 13.8. The van der Waals surface area contributed by atoms with Gasteiger partial charge in [-0.15, -0.1) is 0 Å². The predicted octanol–water partition coefficient (Wildman–Crippen LogP) is 3.13. The van der Waals surface area contributed by atoms with Gasteiger partial charge in [0, 0.05) is 12.2 Å². The second-order valence-corrected chi connectivity index (χ2v) is 4.83. The summed E-state index contributed by atoms with van der Waals surface area (Å²) in [5.74, 6) is -0.224. The lowest BCUT2D eigenvalue weighted by atomic mass is 10.2. The Labute approximate surface area is 113 Å². The van der Waals surface area contributed by atoms with E-state index in [1.165, 1.54) is 6.07 Å². The van der Waals surface area contributed by atoms with Gasteiger partial charge >= 0.3 is 0 Å². The van der Waals surface area contributed by atoms with Crippen molar-refractivity contribution in [2.24, 2.45) is 0 Å². The molecule has 0 unspecified atom stereocenters. The minimum atomic E-state index is -0.224. The Hall–Kier alpha value is -1.68. The average Bonchev–Trinajstić information content (AvgIpc) is 2.68. The van der Waals surface area contributed by atoms with Gasteiger partial charge in [-0.2, -0.15) is 5.10 Å². The number of halogens is 1. The summed E-state index contributed by atoms with van der Waals surface area (Å²) in [6, 6.07) is 7.05. The topological polar surface area (TPSA) is 29.9 Å². The number of hydrogen-bond acceptors (Lipinski definition) is 2. The largest absolute Gasteiger partial charge is 0.313 e. The molecule has 2 rings (SSSR count). The van der Waals surface area contributed by atoms with E-state index in [1.54, 1.807) is 10.7 Å². The smallest absolute Gasteiger partial charge is 0.125 e. The summed E-state index contributed by atoms with van der Waals surface area (Å²) in [6.45, 7) is 7.63. The van der Waals surface area contributed by atoms with Crippen LogP contribution in [0, 0.1) is 19.7 Å². The maximum atomic E-state index is 13.7. The summed E-state index contributed by atoms with van der Waals surface area (Å²) < 4.78 is 15.5. The first-order chi connectivity index (χ1) is 9.10. The summed E-state index contributed by atoms with van der Waals surface area (Å²) in [5.41, 5.74) is 3.66. The molecule has 0 saturated carbocycles. The molecule has 19 heavy (non-hydrogen) atoms. The molecular formula is C15H20FN3. The van der Waals surface area contributed by atoms with Gasteiger partial charge in [-0.1, -0.05) is 6.92 Å². The van der Waals surface area contributed by atoms with Gasteiger partial charge in [-0.25, -0.2) is 9.07 Å². The van der Waals surface area contributed by atoms with E-state index >= 15 is 0 Å². The highest BCUT2D eigenvalue weighted by molar-refractivity contribution is 5.37. The van der Waals surface area contributed by atoms with Crippen LogP contribution in [0.2, 0.25) is 0 Å². The molecule has 0 aliphatic carbocycles. The first-order valence-electron chi connectivity index (χ1n) is 6.64. The van der Waals surface area contributed by atoms with Gasteiger partial charge in [-0.3, -0.25) is 0 Å². The molecule has 4 heteroatoms. The average molecular weight is 261 g/mol. The Morgan fingerprint density at radius 3 is 2.63 bits per heavy atom. The van der Waals surface area contributed by atoms with E-state index in [4.69, 9.17) is 0 Å². The van der Waals surface area contributed by atoms with Crippen molar-refractivity contribution in [3.05, 3.63) is 47.0 Å². The quantitative estimate of drug-likeness (QED) is 0.838. The monoisotopic (exact) mass is 261 g/mol. The SMILES string of the molecule is CCCNCc1cc(F)cc(-n2nc(C)cc2C)c1. The van der Waals surface area contributed by atoms with Gasteiger partial charge in [0.05, 0.1) is 11.4 Å². The Bertz CT molecular complexity index is 561. The van der Waals surface area contributed by atoms with Gasteiger partial charge in [0.1, 0.15) is 5.82 Å². The van der Waals surface area contributed by atoms with E-state index in [0.717, 1.165) is 35.6 Å². The highest BCUT2D eigenvalue weighted by Crippen LogP contribution is 2.16. The molecular weight excluding hydrogens is 241 g/mol. The molecule has 0 spiro atoms. The molecule has 0 atom stereocenters. The fourth-order valence-corrected chi connectivity index (χ4v) is 2.16. The minimum Gasteiger partial charge on any atom is -0.313 e. The standard InChI is InChI=1S/C15H20FN3/c1-4-5-17-10-13-7-14(16)9-15(8-13)19-12(3)6-11(2)18-19/h6-9,17H,4-5,10H2,1-3H3. The zero-order valence-electron chi connectivity index (χ0n) is 11.7. The lowest BCUT2D eigenvalue weighted by molar-refractivity contribution is 0.616. The van der Waals surface area contributed by atoms with Crippen molar-refractivity contribution in [3.8, 4) is 5.69 Å². The second-order valence-electron chi connectivity index (χ2n) is 4.83. The van der Waals surface area contributed by atoms with Crippen LogP contribution in [0.25, 0.3) is 5.69 Å². The van der Waals surface area contributed by atoms with Crippen molar-refractivity contribution in [2.75, 3.05) is 6.54 Å². The Morgan fingerprint density at radius 1 is 1.21 bits per heavy atom. The number of aryl methyl sites for hydroxylation is 2. The van der Waals surface area contributed by atoms with E-state index in [9.17, 15) is 4.39 Å². The molecule has 0 radical (unpaired) electrons. The number of nitrogens with one attached hydrogen (secondary N) is 1. The molecule has 0 saturated heterocycles. The first kappa shape index (κ1) is 13.7. The molecule has 0 fully saturated rings. The summed E-state index contributed by atoms with van der Waals surface area (Å²) in [4.78, 5) is 0. The van der Waals surface area contributed by atoms with Crippen molar-refractivity contribution in [2.45, 2.75) is 33.7 Å². The minimum absolute atomic E-state index is 0.224. The summed E-state index contributed by atoms with van der Waals surface area (Å²) in [6.07, 6.45) is 1.07. The highest BCUT2D eigenvalue weighted by Gasteiger charge is 2.07. The molecule has 2 aromatic rings. The molecule has 1 aromatic heterocycles. The van der Waals surface area contributed by atoms with Gasteiger partial charge in [0.2, 0.25) is 0 Å². The van der Waals surface area contributed by atoms with Crippen LogP contribution in [-0.4, -0.2) is 16.3 Å². The van der Waals surface area contributed by atoms with Gasteiger partial charge < -0.3 is 5.32 Å². The first-order valence-corrected chi connectivity index (χ1v) is 6.64. The van der Waals surface area contributed by atoms with Crippen molar-refractivity contribution >= 4 is 0 Å². The number of aromatic nitrogens is 2. The van der Waals surface area contributed by atoms with Crippen molar-refractivity contribution in [3.63, 3.8) is 0 Å². The Balaban J connectivity index is 2.28. The van der Waals surface area contributed by atoms with Crippen molar-refractivity contribution in [1.82, 2.24) is 15.1 Å². The molecule has 102 valence electrons. The highest BCUT2D eigenvalue weighted by atomic mass is 19.1. The fourth-order valence-electron chi connectivity index (χ4n) is 2.16. The number of nitrogens with zero attached hydrogens (tertiary/aromatic N) is 2. The van der Waals surface area contributed by atoms with E-state index in [-0.39, 0.29) is 5.82 Å². The summed E-state index contributed by atoms with van der Waals surface area (Å²) in [5, 5.41) is 7.67. The van der Waals surface area contributed by atoms with Crippen LogP contribution in [-0.2, 0) is 6.54 Å². The van der Waals surface area contributed by atoms with Crippen LogP contribution in [0.15, 0.2) is 24.3 Å². The molecule has 1 heterocycles. The molecule has 0 bridgehead atoms. The maximum Gasteiger partial charge on any atom is 0.125 e. The van der Waals surface area contributed by atoms with Crippen LogP contribution < -0.4 is 5.32 Å². The lowest BCUT2D eigenvalue weighted by Gasteiger charge is -2.09. The van der Waals surface area contributed by atoms with Crippen LogP contribution in [0.4, 0.5) is 4.39 Å².